The summed E-state index contributed by atoms with van der Waals surface area (Å²) in [6.45, 7) is -0.240. The summed E-state index contributed by atoms with van der Waals surface area (Å²) in [6, 6.07) is 5.32. The van der Waals surface area contributed by atoms with Gasteiger partial charge in [-0.1, -0.05) is 0 Å². The van der Waals surface area contributed by atoms with E-state index in [9.17, 15) is 14.0 Å². The molecule has 5 nitrogen and oxygen atoms in total. The van der Waals surface area contributed by atoms with Crippen LogP contribution in [-0.4, -0.2) is 18.4 Å². The lowest BCUT2D eigenvalue weighted by molar-refractivity contribution is -0.130. The second-order valence-electron chi connectivity index (χ2n) is 4.05. The van der Waals surface area contributed by atoms with Gasteiger partial charge in [0.1, 0.15) is 11.6 Å². The number of hydrogen-bond donors (Lipinski definition) is 2. The fraction of sp³-hybridized carbons (Fsp3) is 0.333. The van der Waals surface area contributed by atoms with Gasteiger partial charge in [-0.05, 0) is 37.1 Å². The normalized spacial score (nSPS) is 13.8. The van der Waals surface area contributed by atoms with E-state index >= 15 is 0 Å². The SMILES string of the molecule is O=C(COc1ccc(F)cc1)NNC(=O)C1CC1. The van der Waals surface area contributed by atoms with Gasteiger partial charge in [-0.2, -0.15) is 0 Å². The Morgan fingerprint density at radius 3 is 2.50 bits per heavy atom. The van der Waals surface area contributed by atoms with Crippen LogP contribution in [0.4, 0.5) is 4.39 Å². The summed E-state index contributed by atoms with van der Waals surface area (Å²) in [5.41, 5.74) is 4.56. The first kappa shape index (κ1) is 12.3. The molecule has 2 amide bonds. The molecule has 2 rings (SSSR count). The molecule has 0 spiro atoms. The number of hydrazine groups is 1. The molecule has 1 aliphatic rings. The second kappa shape index (κ2) is 5.48. The van der Waals surface area contributed by atoms with Crippen LogP contribution in [0.5, 0.6) is 5.75 Å². The number of ether oxygens (including phenoxy) is 1. The summed E-state index contributed by atoms with van der Waals surface area (Å²) in [4.78, 5) is 22.5. The van der Waals surface area contributed by atoms with Gasteiger partial charge in [0.15, 0.2) is 6.61 Å². The topological polar surface area (TPSA) is 67.4 Å². The molecule has 1 aromatic rings. The Balaban J connectivity index is 1.67. The lowest BCUT2D eigenvalue weighted by atomic mass is 10.3. The summed E-state index contributed by atoms with van der Waals surface area (Å²) in [6.07, 6.45) is 1.74. The minimum Gasteiger partial charge on any atom is -0.484 e. The number of rotatable bonds is 4. The maximum Gasteiger partial charge on any atom is 0.276 e. The Labute approximate surface area is 103 Å². The van der Waals surface area contributed by atoms with Gasteiger partial charge in [0.05, 0.1) is 0 Å². The van der Waals surface area contributed by atoms with Crippen LogP contribution in [0.1, 0.15) is 12.8 Å². The van der Waals surface area contributed by atoms with Crippen molar-refractivity contribution in [3.8, 4) is 5.75 Å². The lowest BCUT2D eigenvalue weighted by Gasteiger charge is -2.08. The molecule has 1 saturated carbocycles. The van der Waals surface area contributed by atoms with Crippen molar-refractivity contribution in [1.82, 2.24) is 10.9 Å². The minimum absolute atomic E-state index is 0.0308. The van der Waals surface area contributed by atoms with Gasteiger partial charge in [0, 0.05) is 5.92 Å². The van der Waals surface area contributed by atoms with Crippen molar-refractivity contribution in [3.63, 3.8) is 0 Å². The molecule has 2 N–H and O–H groups in total. The third-order valence-corrected chi connectivity index (χ3v) is 2.46. The second-order valence-corrected chi connectivity index (χ2v) is 4.05. The Hall–Kier alpha value is -2.11. The first-order valence-corrected chi connectivity index (χ1v) is 5.62. The third kappa shape index (κ3) is 3.73. The summed E-state index contributed by atoms with van der Waals surface area (Å²) in [7, 11) is 0. The molecule has 0 radical (unpaired) electrons. The van der Waals surface area contributed by atoms with Crippen molar-refractivity contribution in [1.29, 1.82) is 0 Å². The lowest BCUT2D eigenvalue weighted by Crippen LogP contribution is -2.44. The molecule has 0 bridgehead atoms. The van der Waals surface area contributed by atoms with Crippen LogP contribution in [0.3, 0.4) is 0 Å². The number of carbonyl (C=O) groups is 2. The van der Waals surface area contributed by atoms with Crippen LogP contribution in [0.25, 0.3) is 0 Å². The highest BCUT2D eigenvalue weighted by molar-refractivity contribution is 5.85. The van der Waals surface area contributed by atoms with E-state index in [4.69, 9.17) is 4.74 Å². The Bertz CT molecular complexity index is 443. The molecule has 96 valence electrons. The van der Waals surface area contributed by atoms with Crippen molar-refractivity contribution >= 4 is 11.8 Å². The number of benzene rings is 1. The predicted molar refractivity (Wildman–Crippen MR) is 60.9 cm³/mol. The smallest absolute Gasteiger partial charge is 0.276 e. The van der Waals surface area contributed by atoms with Crippen molar-refractivity contribution in [2.75, 3.05) is 6.61 Å². The summed E-state index contributed by atoms with van der Waals surface area (Å²) >= 11 is 0. The fourth-order valence-electron chi connectivity index (χ4n) is 1.29. The Kier molecular flexibility index (Phi) is 3.76. The quantitative estimate of drug-likeness (QED) is 0.777. The van der Waals surface area contributed by atoms with Crippen LogP contribution >= 0.6 is 0 Å². The van der Waals surface area contributed by atoms with Crippen molar-refractivity contribution in [2.45, 2.75) is 12.8 Å². The van der Waals surface area contributed by atoms with Crippen molar-refractivity contribution in [3.05, 3.63) is 30.1 Å². The number of hydrogen-bond acceptors (Lipinski definition) is 3. The van der Waals surface area contributed by atoms with E-state index < -0.39 is 5.91 Å². The minimum atomic E-state index is -0.465. The molecule has 1 aliphatic carbocycles. The summed E-state index contributed by atoms with van der Waals surface area (Å²) in [5.74, 6) is -0.592. The van der Waals surface area contributed by atoms with Crippen LogP contribution in [0.15, 0.2) is 24.3 Å². The third-order valence-electron chi connectivity index (χ3n) is 2.46. The average Bonchev–Trinajstić information content (AvgIpc) is 3.19. The average molecular weight is 252 g/mol. The van der Waals surface area contributed by atoms with Crippen molar-refractivity contribution < 1.29 is 18.7 Å². The molecule has 0 saturated heterocycles. The number of nitrogens with one attached hydrogen (secondary N) is 2. The molecular formula is C12H13FN2O3. The van der Waals surface area contributed by atoms with E-state index in [0.29, 0.717) is 5.75 Å². The van der Waals surface area contributed by atoms with E-state index in [1.165, 1.54) is 24.3 Å². The van der Waals surface area contributed by atoms with Crippen LogP contribution in [0.2, 0.25) is 0 Å². The van der Waals surface area contributed by atoms with Gasteiger partial charge in [0.25, 0.3) is 5.91 Å². The van der Waals surface area contributed by atoms with E-state index in [0.717, 1.165) is 12.8 Å². The monoisotopic (exact) mass is 252 g/mol. The molecule has 18 heavy (non-hydrogen) atoms. The van der Waals surface area contributed by atoms with Crippen LogP contribution in [0, 0.1) is 11.7 Å². The van der Waals surface area contributed by atoms with Crippen LogP contribution < -0.4 is 15.6 Å². The summed E-state index contributed by atoms with van der Waals surface area (Å²) in [5, 5.41) is 0. The zero-order valence-corrected chi connectivity index (χ0v) is 9.61. The summed E-state index contributed by atoms with van der Waals surface area (Å²) < 4.78 is 17.7. The van der Waals surface area contributed by atoms with Gasteiger partial charge < -0.3 is 4.74 Å². The van der Waals surface area contributed by atoms with Crippen molar-refractivity contribution in [2.24, 2.45) is 5.92 Å². The van der Waals surface area contributed by atoms with Gasteiger partial charge in [-0.15, -0.1) is 0 Å². The first-order valence-electron chi connectivity index (χ1n) is 5.62. The molecule has 0 aromatic heterocycles. The number of amides is 2. The molecule has 1 aromatic carbocycles. The first-order chi connectivity index (χ1) is 8.65. The van der Waals surface area contributed by atoms with Gasteiger partial charge >= 0.3 is 0 Å². The molecule has 0 heterocycles. The molecule has 1 fully saturated rings. The number of halogens is 1. The zero-order valence-electron chi connectivity index (χ0n) is 9.61. The van der Waals surface area contributed by atoms with Gasteiger partial charge in [-0.25, -0.2) is 4.39 Å². The maximum absolute atomic E-state index is 12.6. The highest BCUT2D eigenvalue weighted by Crippen LogP contribution is 2.28. The molecule has 0 unspecified atom stereocenters. The van der Waals surface area contributed by atoms with E-state index in [1.54, 1.807) is 0 Å². The zero-order chi connectivity index (χ0) is 13.0. The largest absolute Gasteiger partial charge is 0.484 e. The molecule has 6 heteroatoms. The van der Waals surface area contributed by atoms with E-state index in [-0.39, 0.29) is 24.2 Å². The highest BCUT2D eigenvalue weighted by Gasteiger charge is 2.29. The molecule has 0 atom stereocenters. The van der Waals surface area contributed by atoms with Gasteiger partial charge in [0.2, 0.25) is 5.91 Å². The van der Waals surface area contributed by atoms with Crippen LogP contribution in [-0.2, 0) is 9.59 Å². The Morgan fingerprint density at radius 1 is 1.22 bits per heavy atom. The van der Waals surface area contributed by atoms with Gasteiger partial charge in [-0.3, -0.25) is 20.4 Å². The molecular weight excluding hydrogens is 239 g/mol. The maximum atomic E-state index is 12.6. The van der Waals surface area contributed by atoms with E-state index in [2.05, 4.69) is 10.9 Å². The Morgan fingerprint density at radius 2 is 1.89 bits per heavy atom. The molecule has 0 aliphatic heterocycles. The number of carbonyl (C=O) groups excluding carboxylic acids is 2. The predicted octanol–water partition coefficient (Wildman–Crippen LogP) is 0.762. The highest BCUT2D eigenvalue weighted by atomic mass is 19.1. The standard InChI is InChI=1S/C12H13FN2O3/c13-9-3-5-10(6-4-9)18-7-11(16)14-15-12(17)8-1-2-8/h3-6,8H,1-2,7H2,(H,14,16)(H,15,17). The fourth-order valence-corrected chi connectivity index (χ4v) is 1.29. The van der Waals surface area contributed by atoms with E-state index in [1.807, 2.05) is 0 Å².